The molecule has 1 fully saturated rings. The normalized spacial score (nSPS) is 19.1. The Bertz CT molecular complexity index is 267. The van der Waals surface area contributed by atoms with E-state index in [-0.39, 0.29) is 0 Å². The Balaban J connectivity index is 1.89. The Morgan fingerprint density at radius 2 is 2.31 bits per heavy atom. The first kappa shape index (κ1) is 8.93. The number of nitrogens with two attached hydrogens (primary N) is 1. The van der Waals surface area contributed by atoms with Gasteiger partial charge in [0.2, 0.25) is 0 Å². The van der Waals surface area contributed by atoms with Crippen molar-refractivity contribution in [2.75, 3.05) is 31.9 Å². The molecule has 0 unspecified atom stereocenters. The quantitative estimate of drug-likeness (QED) is 0.709. The minimum Gasteiger partial charge on any atom is -0.375 e. The molecule has 0 radical (unpaired) electrons. The van der Waals surface area contributed by atoms with Crippen LogP contribution in [-0.2, 0) is 6.54 Å². The third-order valence-electron chi connectivity index (χ3n) is 2.16. The van der Waals surface area contributed by atoms with Gasteiger partial charge in [0.05, 0.1) is 5.69 Å². The highest BCUT2D eigenvalue weighted by Gasteiger charge is 2.10. The van der Waals surface area contributed by atoms with Crippen molar-refractivity contribution in [2.24, 2.45) is 0 Å². The molecular weight excluding hydrogens is 184 g/mol. The van der Waals surface area contributed by atoms with E-state index in [1.807, 2.05) is 5.38 Å². The summed E-state index contributed by atoms with van der Waals surface area (Å²) in [5.74, 6) is 0. The molecule has 2 rings (SSSR count). The number of piperazine rings is 1. The third-order valence-corrected chi connectivity index (χ3v) is 2.89. The second-order valence-electron chi connectivity index (χ2n) is 3.20. The van der Waals surface area contributed by atoms with Crippen molar-refractivity contribution in [1.82, 2.24) is 15.2 Å². The van der Waals surface area contributed by atoms with Gasteiger partial charge in [0.15, 0.2) is 5.13 Å². The lowest BCUT2D eigenvalue weighted by atomic mass is 10.3. The number of hydrogen-bond donors (Lipinski definition) is 2. The molecule has 1 aromatic rings. The van der Waals surface area contributed by atoms with Crippen LogP contribution in [0.15, 0.2) is 5.38 Å². The van der Waals surface area contributed by atoms with E-state index in [4.69, 9.17) is 5.73 Å². The van der Waals surface area contributed by atoms with Crippen molar-refractivity contribution < 1.29 is 0 Å². The molecule has 5 heteroatoms. The topological polar surface area (TPSA) is 54.2 Å². The summed E-state index contributed by atoms with van der Waals surface area (Å²) in [4.78, 5) is 6.63. The van der Waals surface area contributed by atoms with Gasteiger partial charge in [-0.15, -0.1) is 11.3 Å². The van der Waals surface area contributed by atoms with Gasteiger partial charge in [0.1, 0.15) is 0 Å². The van der Waals surface area contributed by atoms with Gasteiger partial charge in [-0.25, -0.2) is 4.98 Å². The van der Waals surface area contributed by atoms with Gasteiger partial charge >= 0.3 is 0 Å². The average molecular weight is 198 g/mol. The number of aromatic nitrogens is 1. The molecule has 1 saturated heterocycles. The van der Waals surface area contributed by atoms with E-state index in [2.05, 4.69) is 15.2 Å². The number of thiazole rings is 1. The van der Waals surface area contributed by atoms with Crippen LogP contribution < -0.4 is 11.1 Å². The first-order valence-electron chi connectivity index (χ1n) is 4.47. The van der Waals surface area contributed by atoms with Crippen molar-refractivity contribution >= 4 is 16.5 Å². The summed E-state index contributed by atoms with van der Waals surface area (Å²) in [6.45, 7) is 5.32. The minimum absolute atomic E-state index is 0.671. The third kappa shape index (κ3) is 2.40. The summed E-state index contributed by atoms with van der Waals surface area (Å²) < 4.78 is 0. The zero-order valence-corrected chi connectivity index (χ0v) is 8.31. The number of nitrogens with zero attached hydrogens (tertiary/aromatic N) is 2. The summed E-state index contributed by atoms with van der Waals surface area (Å²) in [7, 11) is 0. The Morgan fingerprint density at radius 3 is 2.92 bits per heavy atom. The zero-order chi connectivity index (χ0) is 9.10. The molecule has 4 nitrogen and oxygen atoms in total. The molecule has 0 aliphatic carbocycles. The van der Waals surface area contributed by atoms with Gasteiger partial charge in [-0.2, -0.15) is 0 Å². The number of anilines is 1. The summed E-state index contributed by atoms with van der Waals surface area (Å²) in [6.07, 6.45) is 0. The van der Waals surface area contributed by atoms with Crippen LogP contribution >= 0.6 is 11.3 Å². The molecule has 1 aromatic heterocycles. The van der Waals surface area contributed by atoms with Crippen LogP contribution in [0.2, 0.25) is 0 Å². The lowest BCUT2D eigenvalue weighted by Gasteiger charge is -2.26. The molecule has 13 heavy (non-hydrogen) atoms. The lowest BCUT2D eigenvalue weighted by Crippen LogP contribution is -2.42. The Hall–Kier alpha value is -0.650. The predicted molar refractivity (Wildman–Crippen MR) is 54.7 cm³/mol. The molecule has 3 N–H and O–H groups in total. The molecule has 0 atom stereocenters. The van der Waals surface area contributed by atoms with Crippen molar-refractivity contribution in [3.05, 3.63) is 11.1 Å². The molecule has 72 valence electrons. The van der Waals surface area contributed by atoms with Gasteiger partial charge in [-0.1, -0.05) is 0 Å². The number of hydrogen-bond acceptors (Lipinski definition) is 5. The van der Waals surface area contributed by atoms with Crippen molar-refractivity contribution in [2.45, 2.75) is 6.54 Å². The fourth-order valence-electron chi connectivity index (χ4n) is 1.49. The second-order valence-corrected chi connectivity index (χ2v) is 4.09. The van der Waals surface area contributed by atoms with Gasteiger partial charge in [0, 0.05) is 38.1 Å². The van der Waals surface area contributed by atoms with Crippen molar-refractivity contribution in [3.63, 3.8) is 0 Å². The van der Waals surface area contributed by atoms with E-state index in [1.165, 1.54) is 11.3 Å². The molecule has 0 spiro atoms. The summed E-state index contributed by atoms with van der Waals surface area (Å²) >= 11 is 1.52. The van der Waals surface area contributed by atoms with Crippen LogP contribution in [0.5, 0.6) is 0 Å². The molecule has 1 aliphatic rings. The summed E-state index contributed by atoms with van der Waals surface area (Å²) in [6, 6.07) is 0. The largest absolute Gasteiger partial charge is 0.375 e. The van der Waals surface area contributed by atoms with Crippen LogP contribution in [0.1, 0.15) is 5.69 Å². The van der Waals surface area contributed by atoms with Crippen molar-refractivity contribution in [1.29, 1.82) is 0 Å². The van der Waals surface area contributed by atoms with Gasteiger partial charge in [0.25, 0.3) is 0 Å². The smallest absolute Gasteiger partial charge is 0.180 e. The molecule has 0 amide bonds. The SMILES string of the molecule is Nc1nc(CN2CCNCC2)cs1. The van der Waals surface area contributed by atoms with E-state index < -0.39 is 0 Å². The summed E-state index contributed by atoms with van der Waals surface area (Å²) in [5, 5.41) is 6.03. The van der Waals surface area contributed by atoms with Gasteiger partial charge in [-0.3, -0.25) is 4.90 Å². The average Bonchev–Trinajstić information content (AvgIpc) is 2.53. The van der Waals surface area contributed by atoms with Gasteiger partial charge < -0.3 is 11.1 Å². The van der Waals surface area contributed by atoms with Crippen molar-refractivity contribution in [3.8, 4) is 0 Å². The predicted octanol–water partition coefficient (Wildman–Crippen LogP) is 0.130. The maximum atomic E-state index is 5.56. The van der Waals surface area contributed by atoms with Crippen LogP contribution in [-0.4, -0.2) is 36.1 Å². The molecule has 0 aromatic carbocycles. The monoisotopic (exact) mass is 198 g/mol. The second kappa shape index (κ2) is 4.04. The molecule has 0 bridgehead atoms. The number of nitrogen functional groups attached to an aromatic ring is 1. The fraction of sp³-hybridized carbons (Fsp3) is 0.625. The number of rotatable bonds is 2. The maximum Gasteiger partial charge on any atom is 0.180 e. The highest BCUT2D eigenvalue weighted by Crippen LogP contribution is 2.12. The van der Waals surface area contributed by atoms with E-state index >= 15 is 0 Å². The molecular formula is C8H14N4S. The molecule has 1 aliphatic heterocycles. The van der Waals surface area contributed by atoms with Crippen LogP contribution in [0.4, 0.5) is 5.13 Å². The Kier molecular flexibility index (Phi) is 2.77. The standard InChI is InChI=1S/C8H14N4S/c9-8-11-7(6-13-8)5-12-3-1-10-2-4-12/h6,10H,1-5H2,(H2,9,11). The highest BCUT2D eigenvalue weighted by molar-refractivity contribution is 7.13. The van der Waals surface area contributed by atoms with E-state index in [9.17, 15) is 0 Å². The maximum absolute atomic E-state index is 5.56. The van der Waals surface area contributed by atoms with E-state index in [0.29, 0.717) is 5.13 Å². The van der Waals surface area contributed by atoms with Crippen LogP contribution in [0.25, 0.3) is 0 Å². The highest BCUT2D eigenvalue weighted by atomic mass is 32.1. The summed E-state index contributed by atoms with van der Waals surface area (Å²) in [5.41, 5.74) is 6.66. The first-order chi connectivity index (χ1) is 6.34. The first-order valence-corrected chi connectivity index (χ1v) is 5.35. The van der Waals surface area contributed by atoms with Gasteiger partial charge in [-0.05, 0) is 0 Å². The van der Waals surface area contributed by atoms with E-state index in [0.717, 1.165) is 38.4 Å². The Morgan fingerprint density at radius 1 is 1.54 bits per heavy atom. The Labute approximate surface area is 81.8 Å². The molecule has 0 saturated carbocycles. The zero-order valence-electron chi connectivity index (χ0n) is 7.49. The van der Waals surface area contributed by atoms with Crippen LogP contribution in [0.3, 0.4) is 0 Å². The lowest BCUT2D eigenvalue weighted by molar-refractivity contribution is 0.231. The van der Waals surface area contributed by atoms with E-state index in [1.54, 1.807) is 0 Å². The van der Waals surface area contributed by atoms with Crippen LogP contribution in [0, 0.1) is 0 Å². The fourth-order valence-corrected chi connectivity index (χ4v) is 2.05. The number of nitrogens with one attached hydrogen (secondary N) is 1. The molecule has 2 heterocycles. The minimum atomic E-state index is 0.671.